The van der Waals surface area contributed by atoms with Gasteiger partial charge in [0.2, 0.25) is 0 Å². The van der Waals surface area contributed by atoms with Gasteiger partial charge in [-0.3, -0.25) is 9.52 Å². The van der Waals surface area contributed by atoms with Gasteiger partial charge in [0.15, 0.2) is 17.7 Å². The fourth-order valence-electron chi connectivity index (χ4n) is 2.76. The predicted octanol–water partition coefficient (Wildman–Crippen LogP) is 3.89. The molecule has 0 aliphatic heterocycles. The third-order valence-corrected chi connectivity index (χ3v) is 5.82. The summed E-state index contributed by atoms with van der Waals surface area (Å²) in [6.07, 6.45) is -1.18. The molecule has 8 nitrogen and oxygen atoms in total. The molecule has 0 aromatic heterocycles. The van der Waals surface area contributed by atoms with Gasteiger partial charge in [0.25, 0.3) is 15.9 Å². The van der Waals surface area contributed by atoms with E-state index in [0.717, 1.165) is 36.4 Å². The van der Waals surface area contributed by atoms with Crippen molar-refractivity contribution in [3.05, 3.63) is 72.3 Å². The van der Waals surface area contributed by atoms with Crippen LogP contribution in [0.25, 0.3) is 0 Å². The number of phenols is 1. The minimum absolute atomic E-state index is 0.0851. The largest absolute Gasteiger partial charge is 0.506 e. The second-order valence-corrected chi connectivity index (χ2v) is 8.49. The van der Waals surface area contributed by atoms with Crippen molar-refractivity contribution in [1.29, 1.82) is 0 Å². The second-order valence-electron chi connectivity index (χ2n) is 6.81. The maximum Gasteiger partial charge on any atom is 0.265 e. The van der Waals surface area contributed by atoms with Crippen molar-refractivity contribution in [3.63, 3.8) is 0 Å². The van der Waals surface area contributed by atoms with Crippen LogP contribution in [-0.4, -0.2) is 32.6 Å². The van der Waals surface area contributed by atoms with Gasteiger partial charge in [0.1, 0.15) is 17.2 Å². The summed E-state index contributed by atoms with van der Waals surface area (Å²) < 4.78 is 64.8. The molecule has 174 valence electrons. The van der Waals surface area contributed by atoms with Gasteiger partial charge in [0, 0.05) is 6.07 Å². The molecule has 0 aliphatic carbocycles. The van der Waals surface area contributed by atoms with Crippen LogP contribution < -0.4 is 19.5 Å². The van der Waals surface area contributed by atoms with E-state index in [2.05, 4.69) is 10.0 Å². The summed E-state index contributed by atoms with van der Waals surface area (Å²) in [7, 11) is -2.71. The molecule has 33 heavy (non-hydrogen) atoms. The van der Waals surface area contributed by atoms with Crippen molar-refractivity contribution in [2.75, 3.05) is 17.1 Å². The molecular weight excluding hydrogens is 458 g/mol. The van der Waals surface area contributed by atoms with Crippen molar-refractivity contribution < 1.29 is 36.6 Å². The average molecular weight is 478 g/mol. The number of hydrogen-bond donors (Lipinski definition) is 3. The van der Waals surface area contributed by atoms with E-state index in [-0.39, 0.29) is 27.8 Å². The first-order chi connectivity index (χ1) is 15.6. The topological polar surface area (TPSA) is 114 Å². The van der Waals surface area contributed by atoms with Crippen molar-refractivity contribution in [3.8, 4) is 17.2 Å². The molecule has 0 heterocycles. The van der Waals surface area contributed by atoms with E-state index in [9.17, 15) is 27.1 Å². The van der Waals surface area contributed by atoms with E-state index in [4.69, 9.17) is 9.47 Å². The highest BCUT2D eigenvalue weighted by Gasteiger charge is 2.21. The summed E-state index contributed by atoms with van der Waals surface area (Å²) in [5.74, 6) is -3.14. The molecule has 3 aromatic carbocycles. The van der Waals surface area contributed by atoms with Crippen molar-refractivity contribution in [2.45, 2.75) is 17.9 Å². The van der Waals surface area contributed by atoms with Crippen LogP contribution in [0.5, 0.6) is 17.2 Å². The number of anilines is 2. The van der Waals surface area contributed by atoms with Crippen LogP contribution in [0.2, 0.25) is 0 Å². The standard InChI is InChI=1S/C22H20F2N2O6S/c1-13(32-14-7-9-16(23)17(24)11-14)22(28)25-19-12-15(8-10-20(19)27)33(29,30)26-18-5-3-4-6-21(18)31-2/h3-13,26-27H,1-2H3,(H,25,28). The molecule has 0 aliphatic rings. The number of para-hydroxylation sites is 2. The highest BCUT2D eigenvalue weighted by Crippen LogP contribution is 2.30. The van der Waals surface area contributed by atoms with Crippen molar-refractivity contribution in [1.82, 2.24) is 0 Å². The Morgan fingerprint density at radius 2 is 1.73 bits per heavy atom. The summed E-state index contributed by atoms with van der Waals surface area (Å²) in [6.45, 7) is 1.34. The predicted molar refractivity (Wildman–Crippen MR) is 117 cm³/mol. The average Bonchev–Trinajstić information content (AvgIpc) is 2.77. The second kappa shape index (κ2) is 9.74. The zero-order valence-electron chi connectivity index (χ0n) is 17.5. The Labute approximate surface area is 188 Å². The quantitative estimate of drug-likeness (QED) is 0.424. The zero-order chi connectivity index (χ0) is 24.2. The van der Waals surface area contributed by atoms with E-state index in [0.29, 0.717) is 5.75 Å². The van der Waals surface area contributed by atoms with Gasteiger partial charge in [-0.2, -0.15) is 0 Å². The minimum Gasteiger partial charge on any atom is -0.506 e. The fourth-order valence-corrected chi connectivity index (χ4v) is 3.85. The Kier molecular flexibility index (Phi) is 7.02. The molecule has 1 amide bonds. The fraction of sp³-hybridized carbons (Fsp3) is 0.136. The summed E-state index contributed by atoms with van der Waals surface area (Å²) in [5, 5.41) is 12.4. The van der Waals surface area contributed by atoms with E-state index < -0.39 is 33.7 Å². The highest BCUT2D eigenvalue weighted by atomic mass is 32.2. The molecule has 0 spiro atoms. The number of amides is 1. The molecule has 1 unspecified atom stereocenters. The van der Waals surface area contributed by atoms with Crippen LogP contribution in [0.3, 0.4) is 0 Å². The molecule has 3 aromatic rings. The third-order valence-electron chi connectivity index (χ3n) is 4.46. The maximum absolute atomic E-state index is 13.3. The number of carbonyl (C=O) groups is 1. The minimum atomic E-state index is -4.10. The number of ether oxygens (including phenoxy) is 2. The van der Waals surface area contributed by atoms with Crippen LogP contribution in [0.15, 0.2) is 65.6 Å². The first-order valence-electron chi connectivity index (χ1n) is 9.52. The molecule has 3 N–H and O–H groups in total. The van der Waals surface area contributed by atoms with Gasteiger partial charge in [-0.15, -0.1) is 0 Å². The number of halogens is 2. The molecule has 0 fully saturated rings. The van der Waals surface area contributed by atoms with E-state index in [1.807, 2.05) is 0 Å². The van der Waals surface area contributed by atoms with Gasteiger partial charge in [-0.1, -0.05) is 12.1 Å². The van der Waals surface area contributed by atoms with Crippen LogP contribution in [0.4, 0.5) is 20.2 Å². The van der Waals surface area contributed by atoms with Gasteiger partial charge in [-0.25, -0.2) is 17.2 Å². The van der Waals surface area contributed by atoms with E-state index in [1.165, 1.54) is 20.1 Å². The van der Waals surface area contributed by atoms with Crippen LogP contribution >= 0.6 is 0 Å². The smallest absolute Gasteiger partial charge is 0.265 e. The van der Waals surface area contributed by atoms with Gasteiger partial charge < -0.3 is 19.9 Å². The summed E-state index contributed by atoms with van der Waals surface area (Å²) in [4.78, 5) is 12.2. The molecule has 11 heteroatoms. The lowest BCUT2D eigenvalue weighted by atomic mass is 10.2. The monoisotopic (exact) mass is 478 g/mol. The van der Waals surface area contributed by atoms with Crippen molar-refractivity contribution in [2.24, 2.45) is 0 Å². The number of sulfonamides is 1. The molecule has 1 atom stereocenters. The summed E-state index contributed by atoms with van der Waals surface area (Å²) in [5.41, 5.74) is 0.0100. The molecule has 0 bridgehead atoms. The number of hydrogen-bond acceptors (Lipinski definition) is 6. The Morgan fingerprint density at radius 3 is 2.42 bits per heavy atom. The zero-order valence-corrected chi connectivity index (χ0v) is 18.3. The number of nitrogens with one attached hydrogen (secondary N) is 2. The lowest BCUT2D eigenvalue weighted by Gasteiger charge is -2.16. The lowest BCUT2D eigenvalue weighted by molar-refractivity contribution is -0.122. The molecular formula is C22H20F2N2O6S. The van der Waals surface area contributed by atoms with Crippen LogP contribution in [0.1, 0.15) is 6.92 Å². The van der Waals surface area contributed by atoms with Crippen LogP contribution in [-0.2, 0) is 14.8 Å². The van der Waals surface area contributed by atoms with E-state index in [1.54, 1.807) is 18.2 Å². The number of aromatic hydroxyl groups is 1. The molecule has 0 saturated carbocycles. The van der Waals surface area contributed by atoms with Crippen molar-refractivity contribution >= 4 is 27.3 Å². The first kappa shape index (κ1) is 23.8. The maximum atomic E-state index is 13.3. The number of phenolic OH excluding ortho intramolecular Hbond substituents is 1. The SMILES string of the molecule is COc1ccccc1NS(=O)(=O)c1ccc(O)c(NC(=O)C(C)Oc2ccc(F)c(F)c2)c1. The Bertz CT molecular complexity index is 1280. The number of carbonyl (C=O) groups excluding carboxylic acids is 1. The Balaban J connectivity index is 1.77. The van der Waals surface area contributed by atoms with Gasteiger partial charge in [0.05, 0.1) is 23.4 Å². The third kappa shape index (κ3) is 5.69. The first-order valence-corrected chi connectivity index (χ1v) is 11.0. The molecule has 0 saturated heterocycles. The molecule has 3 rings (SSSR count). The number of methoxy groups -OCH3 is 1. The normalized spacial score (nSPS) is 12.0. The Hall–Kier alpha value is -3.86. The van der Waals surface area contributed by atoms with Gasteiger partial charge >= 0.3 is 0 Å². The van der Waals surface area contributed by atoms with Crippen LogP contribution in [0, 0.1) is 11.6 Å². The van der Waals surface area contributed by atoms with E-state index >= 15 is 0 Å². The highest BCUT2D eigenvalue weighted by molar-refractivity contribution is 7.92. The number of rotatable bonds is 8. The lowest BCUT2D eigenvalue weighted by Crippen LogP contribution is -2.30. The van der Waals surface area contributed by atoms with Gasteiger partial charge in [-0.05, 0) is 49.4 Å². The summed E-state index contributed by atoms with van der Waals surface area (Å²) >= 11 is 0. The number of benzene rings is 3. The molecule has 0 radical (unpaired) electrons. The Morgan fingerprint density at radius 1 is 1.00 bits per heavy atom. The summed E-state index contributed by atoms with van der Waals surface area (Å²) in [6, 6.07) is 12.5.